The number of nitrogens with zero attached hydrogens (tertiary/aromatic N) is 3. The van der Waals surface area contributed by atoms with Crippen LogP contribution >= 0.6 is 0 Å². The average Bonchev–Trinajstić information content (AvgIpc) is 2.93. The van der Waals surface area contributed by atoms with Crippen LogP contribution in [0.3, 0.4) is 0 Å². The number of primary amides is 1. The molecular weight excluding hydrogens is 476 g/mol. The van der Waals surface area contributed by atoms with Crippen molar-refractivity contribution >= 4 is 21.8 Å². The molecule has 1 aliphatic carbocycles. The Balaban J connectivity index is 1.26. The Kier molecular flexibility index (Phi) is 7.43. The van der Waals surface area contributed by atoms with Gasteiger partial charge in [0.25, 0.3) is 5.91 Å². The van der Waals surface area contributed by atoms with E-state index in [-0.39, 0.29) is 22.8 Å². The second-order valence-corrected chi connectivity index (χ2v) is 13.0. The number of amides is 2. The minimum absolute atomic E-state index is 0.109. The topological polar surface area (TPSA) is 104 Å². The molecule has 198 valence electrons. The lowest BCUT2D eigenvalue weighted by molar-refractivity contribution is -0.134. The number of carbonyl (C=O) groups is 2. The van der Waals surface area contributed by atoms with Crippen LogP contribution in [-0.2, 0) is 14.8 Å². The van der Waals surface area contributed by atoms with Crippen LogP contribution in [0, 0.1) is 5.92 Å². The highest BCUT2D eigenvalue weighted by Gasteiger charge is 2.46. The van der Waals surface area contributed by atoms with Crippen LogP contribution in [0.25, 0.3) is 0 Å². The number of carbonyl (C=O) groups excluding carboxylic acids is 2. The lowest BCUT2D eigenvalue weighted by Gasteiger charge is -2.48. The van der Waals surface area contributed by atoms with Crippen molar-refractivity contribution in [2.75, 3.05) is 32.7 Å². The summed E-state index contributed by atoms with van der Waals surface area (Å²) < 4.78 is 28.7. The zero-order valence-electron chi connectivity index (χ0n) is 21.2. The van der Waals surface area contributed by atoms with Crippen molar-refractivity contribution < 1.29 is 18.0 Å². The van der Waals surface area contributed by atoms with Gasteiger partial charge in [0.2, 0.25) is 15.9 Å². The molecule has 3 heterocycles. The first-order valence-electron chi connectivity index (χ1n) is 13.8. The molecule has 8 nitrogen and oxygen atoms in total. The molecule has 36 heavy (non-hydrogen) atoms. The number of piperidine rings is 3. The predicted octanol–water partition coefficient (Wildman–Crippen LogP) is 2.98. The number of fused-ring (bicyclic) bond motifs is 1. The molecule has 0 spiro atoms. The highest BCUT2D eigenvalue weighted by Crippen LogP contribution is 2.38. The van der Waals surface area contributed by atoms with Crippen molar-refractivity contribution in [2.45, 2.75) is 87.1 Å². The third-order valence-electron chi connectivity index (χ3n) is 9.20. The summed E-state index contributed by atoms with van der Waals surface area (Å²) in [6.45, 7) is 3.28. The largest absolute Gasteiger partial charge is 0.368 e. The Labute approximate surface area is 215 Å². The van der Waals surface area contributed by atoms with Crippen LogP contribution < -0.4 is 5.73 Å². The van der Waals surface area contributed by atoms with E-state index in [0.29, 0.717) is 44.0 Å². The maximum atomic E-state index is 13.5. The number of benzene rings is 1. The Morgan fingerprint density at radius 3 is 2.11 bits per heavy atom. The van der Waals surface area contributed by atoms with E-state index in [4.69, 9.17) is 5.73 Å². The van der Waals surface area contributed by atoms with Gasteiger partial charge in [-0.3, -0.25) is 14.5 Å². The summed E-state index contributed by atoms with van der Waals surface area (Å²) in [5, 5.41) is 0. The van der Waals surface area contributed by atoms with Crippen molar-refractivity contribution in [3.05, 3.63) is 29.8 Å². The van der Waals surface area contributed by atoms with Gasteiger partial charge in [0, 0.05) is 31.2 Å². The molecule has 9 heteroatoms. The Morgan fingerprint density at radius 1 is 0.806 bits per heavy atom. The van der Waals surface area contributed by atoms with Gasteiger partial charge in [-0.2, -0.15) is 4.31 Å². The van der Waals surface area contributed by atoms with Crippen LogP contribution in [-0.4, -0.2) is 78.6 Å². The Morgan fingerprint density at radius 2 is 1.44 bits per heavy atom. The van der Waals surface area contributed by atoms with Gasteiger partial charge < -0.3 is 10.6 Å². The zero-order chi connectivity index (χ0) is 25.3. The molecule has 4 fully saturated rings. The molecule has 3 saturated heterocycles. The summed E-state index contributed by atoms with van der Waals surface area (Å²) in [6.07, 6.45) is 10.8. The number of likely N-dealkylation sites (tertiary alicyclic amines) is 2. The minimum atomic E-state index is -3.59. The summed E-state index contributed by atoms with van der Waals surface area (Å²) in [7, 11) is -3.59. The summed E-state index contributed by atoms with van der Waals surface area (Å²) >= 11 is 0. The summed E-state index contributed by atoms with van der Waals surface area (Å²) in [5.74, 6) is 0.0599. The third-order valence-corrected chi connectivity index (χ3v) is 11.1. The molecular formula is C27H40N4O4S. The SMILES string of the molecule is NC(=O)C1(N2CCCCC2)CCN(C(=O)c2ccc(S(=O)(=O)N3CCC[C@@H]4CCCC[C@H]43)cc2)CC1. The van der Waals surface area contributed by atoms with Crippen LogP contribution in [0.5, 0.6) is 0 Å². The van der Waals surface area contributed by atoms with Crippen LogP contribution in [0.1, 0.15) is 81.0 Å². The van der Waals surface area contributed by atoms with Crippen molar-refractivity contribution in [1.82, 2.24) is 14.1 Å². The standard InChI is InChI=1S/C27H40N4O4S/c28-26(33)27(30-16-4-1-5-17-30)14-19-29(20-15-27)25(32)22-10-12-23(13-11-22)36(34,35)31-18-6-8-21-7-2-3-9-24(21)31/h10-13,21,24H,1-9,14-20H2,(H2,28,33)/t21-,24+/m0/s1. The summed E-state index contributed by atoms with van der Waals surface area (Å²) in [5.41, 5.74) is 5.69. The van der Waals surface area contributed by atoms with Crippen LogP contribution in [0.4, 0.5) is 0 Å². The van der Waals surface area contributed by atoms with E-state index >= 15 is 0 Å². The molecule has 1 saturated carbocycles. The van der Waals surface area contributed by atoms with Gasteiger partial charge in [0.05, 0.1) is 4.90 Å². The number of nitrogens with two attached hydrogens (primary N) is 1. The smallest absolute Gasteiger partial charge is 0.253 e. The predicted molar refractivity (Wildman–Crippen MR) is 138 cm³/mol. The van der Waals surface area contributed by atoms with Gasteiger partial charge in [0.1, 0.15) is 5.54 Å². The Hall–Kier alpha value is -1.97. The fraction of sp³-hybridized carbons (Fsp3) is 0.704. The van der Waals surface area contributed by atoms with Crippen molar-refractivity contribution in [2.24, 2.45) is 11.7 Å². The fourth-order valence-electron chi connectivity index (χ4n) is 7.09. The van der Waals surface area contributed by atoms with Gasteiger partial charge in [-0.15, -0.1) is 0 Å². The quantitative estimate of drug-likeness (QED) is 0.648. The molecule has 5 rings (SSSR count). The van der Waals surface area contributed by atoms with E-state index in [1.807, 2.05) is 0 Å². The molecule has 1 aromatic rings. The second-order valence-electron chi connectivity index (χ2n) is 11.1. The Bertz CT molecular complexity index is 1060. The van der Waals surface area contributed by atoms with Gasteiger partial charge in [0.15, 0.2) is 0 Å². The van der Waals surface area contributed by atoms with E-state index in [2.05, 4.69) is 4.90 Å². The molecule has 2 N–H and O–H groups in total. The first-order valence-corrected chi connectivity index (χ1v) is 15.2. The highest BCUT2D eigenvalue weighted by atomic mass is 32.2. The minimum Gasteiger partial charge on any atom is -0.368 e. The van der Waals surface area contributed by atoms with Crippen molar-refractivity contribution in [3.63, 3.8) is 0 Å². The van der Waals surface area contributed by atoms with Crippen LogP contribution in [0.2, 0.25) is 0 Å². The highest BCUT2D eigenvalue weighted by molar-refractivity contribution is 7.89. The number of rotatable bonds is 5. The maximum Gasteiger partial charge on any atom is 0.253 e. The molecule has 2 atom stereocenters. The molecule has 2 amide bonds. The average molecular weight is 517 g/mol. The maximum absolute atomic E-state index is 13.5. The zero-order valence-corrected chi connectivity index (χ0v) is 22.1. The normalized spacial score (nSPS) is 27.8. The van der Waals surface area contributed by atoms with Gasteiger partial charge >= 0.3 is 0 Å². The lowest BCUT2D eigenvalue weighted by Crippen LogP contribution is -2.63. The molecule has 0 aromatic heterocycles. The third kappa shape index (κ3) is 4.70. The monoisotopic (exact) mass is 516 g/mol. The molecule has 4 aliphatic rings. The molecule has 3 aliphatic heterocycles. The lowest BCUT2D eigenvalue weighted by atomic mass is 9.79. The first-order chi connectivity index (χ1) is 17.3. The van der Waals surface area contributed by atoms with Crippen LogP contribution in [0.15, 0.2) is 29.2 Å². The first kappa shape index (κ1) is 25.7. The van der Waals surface area contributed by atoms with Gasteiger partial charge in [-0.05, 0) is 94.6 Å². The van der Waals surface area contributed by atoms with Crippen molar-refractivity contribution in [3.8, 4) is 0 Å². The van der Waals surface area contributed by atoms with E-state index in [1.54, 1.807) is 33.5 Å². The van der Waals surface area contributed by atoms with E-state index < -0.39 is 15.6 Å². The molecule has 0 unspecified atom stereocenters. The van der Waals surface area contributed by atoms with Crippen molar-refractivity contribution in [1.29, 1.82) is 0 Å². The second kappa shape index (κ2) is 10.4. The molecule has 1 aromatic carbocycles. The summed E-state index contributed by atoms with van der Waals surface area (Å²) in [4.78, 5) is 30.0. The van der Waals surface area contributed by atoms with E-state index in [0.717, 1.165) is 58.0 Å². The van der Waals surface area contributed by atoms with Gasteiger partial charge in [-0.25, -0.2) is 8.42 Å². The number of sulfonamides is 1. The van der Waals surface area contributed by atoms with E-state index in [1.165, 1.54) is 12.8 Å². The van der Waals surface area contributed by atoms with E-state index in [9.17, 15) is 18.0 Å². The fourth-order valence-corrected chi connectivity index (χ4v) is 8.84. The molecule has 0 bridgehead atoms. The number of hydrogen-bond acceptors (Lipinski definition) is 5. The molecule has 0 radical (unpaired) electrons. The summed E-state index contributed by atoms with van der Waals surface area (Å²) in [6, 6.07) is 6.55. The number of hydrogen-bond donors (Lipinski definition) is 1. The van der Waals surface area contributed by atoms with Gasteiger partial charge in [-0.1, -0.05) is 19.3 Å².